The van der Waals surface area contributed by atoms with Gasteiger partial charge in [0.15, 0.2) is 11.4 Å². The van der Waals surface area contributed by atoms with E-state index in [-0.39, 0.29) is 42.3 Å². The molecule has 2 bridgehead atoms. The summed E-state index contributed by atoms with van der Waals surface area (Å²) in [5.41, 5.74) is 3.13. The number of fused-ring (bicyclic) bond motifs is 5. The number of nitrogens with two attached hydrogens (primary N) is 1. The Hall–Kier alpha value is -3.31. The summed E-state index contributed by atoms with van der Waals surface area (Å²) in [4.78, 5) is 46.2. The van der Waals surface area contributed by atoms with Crippen LogP contribution < -0.4 is 11.2 Å². The summed E-state index contributed by atoms with van der Waals surface area (Å²) < 4.78 is 29.3. The molecule has 4 heterocycles. The second-order valence-electron chi connectivity index (χ2n) is 10.1. The van der Waals surface area contributed by atoms with Crippen molar-refractivity contribution >= 4 is 11.8 Å². The van der Waals surface area contributed by atoms with E-state index in [0.717, 1.165) is 6.07 Å². The van der Waals surface area contributed by atoms with Crippen molar-refractivity contribution < 1.29 is 28.3 Å². The summed E-state index contributed by atoms with van der Waals surface area (Å²) in [6, 6.07) is 2.43. The van der Waals surface area contributed by atoms with E-state index in [0.29, 0.717) is 12.8 Å². The minimum Gasteiger partial charge on any atom is -0.503 e. The zero-order chi connectivity index (χ0) is 26.1. The smallest absolute Gasteiger partial charge is 0.274 e. The fourth-order valence-electron chi connectivity index (χ4n) is 5.95. The van der Waals surface area contributed by atoms with Crippen LogP contribution in [0.3, 0.4) is 0 Å². The van der Waals surface area contributed by atoms with E-state index in [9.17, 15) is 28.3 Å². The van der Waals surface area contributed by atoms with Gasteiger partial charge in [0.2, 0.25) is 5.43 Å². The van der Waals surface area contributed by atoms with E-state index in [2.05, 4.69) is 0 Å². The second-order valence-corrected chi connectivity index (χ2v) is 10.1. The number of benzene rings is 1. The normalized spacial score (nSPS) is 29.9. The first-order valence-electron chi connectivity index (χ1n) is 11.9. The SMILES string of the molecule is CC1[C@H](C)[C@]2(CC[C@H](C)N3C[C@H]2n2cc(C(N)=O)c(=O)c(O)c2C3=O)ON1Cc1ccc(F)cc1F. The zero-order valence-electron chi connectivity index (χ0n) is 20.2. The molecular weight excluding hydrogens is 474 g/mol. The molecule has 0 saturated carbocycles. The van der Waals surface area contributed by atoms with E-state index in [4.69, 9.17) is 10.6 Å². The third kappa shape index (κ3) is 3.44. The second kappa shape index (κ2) is 8.38. The van der Waals surface area contributed by atoms with Crippen LogP contribution in [0, 0.1) is 17.6 Å². The Balaban J connectivity index is 1.63. The topological polar surface area (TPSA) is 118 Å². The maximum Gasteiger partial charge on any atom is 0.274 e. The van der Waals surface area contributed by atoms with Crippen molar-refractivity contribution in [1.82, 2.24) is 14.5 Å². The molecule has 3 aliphatic rings. The Kier molecular flexibility index (Phi) is 5.68. The fourth-order valence-corrected chi connectivity index (χ4v) is 5.95. The van der Waals surface area contributed by atoms with Crippen LogP contribution in [0.2, 0.25) is 0 Å². The maximum absolute atomic E-state index is 14.5. The molecule has 2 saturated heterocycles. The van der Waals surface area contributed by atoms with Gasteiger partial charge in [-0.3, -0.25) is 19.2 Å². The van der Waals surface area contributed by atoms with Crippen molar-refractivity contribution in [2.24, 2.45) is 11.7 Å². The Morgan fingerprint density at radius 1 is 1.25 bits per heavy atom. The number of pyridine rings is 1. The molecule has 5 rings (SSSR count). The highest BCUT2D eigenvalue weighted by molar-refractivity contribution is 5.99. The van der Waals surface area contributed by atoms with E-state index in [1.165, 1.54) is 22.9 Å². The van der Waals surface area contributed by atoms with Gasteiger partial charge in [0, 0.05) is 42.4 Å². The Morgan fingerprint density at radius 3 is 2.64 bits per heavy atom. The largest absolute Gasteiger partial charge is 0.503 e. The molecule has 2 fully saturated rings. The first-order chi connectivity index (χ1) is 17.0. The molecule has 0 aliphatic carbocycles. The highest BCUT2D eigenvalue weighted by Crippen LogP contribution is 2.51. The molecule has 1 unspecified atom stereocenters. The van der Waals surface area contributed by atoms with E-state index >= 15 is 0 Å². The van der Waals surface area contributed by atoms with Crippen molar-refractivity contribution in [3.63, 3.8) is 0 Å². The minimum atomic E-state index is -1.02. The van der Waals surface area contributed by atoms with E-state index in [1.54, 1.807) is 9.96 Å². The summed E-state index contributed by atoms with van der Waals surface area (Å²) in [6.45, 7) is 6.13. The average Bonchev–Trinajstić information content (AvgIpc) is 2.97. The molecule has 1 spiro atoms. The lowest BCUT2D eigenvalue weighted by Crippen LogP contribution is -2.54. The summed E-state index contributed by atoms with van der Waals surface area (Å²) in [6.07, 6.45) is 2.34. The molecule has 2 amide bonds. The molecule has 2 aromatic rings. The number of primary amides is 1. The van der Waals surface area contributed by atoms with Gasteiger partial charge in [0.25, 0.3) is 11.8 Å². The van der Waals surface area contributed by atoms with Crippen LogP contribution in [-0.2, 0) is 11.4 Å². The van der Waals surface area contributed by atoms with Crippen LogP contribution in [-0.4, -0.2) is 55.7 Å². The predicted octanol–water partition coefficient (Wildman–Crippen LogP) is 2.32. The number of aromatic hydroxyl groups is 1. The molecule has 0 radical (unpaired) electrons. The highest BCUT2D eigenvalue weighted by Gasteiger charge is 2.59. The average molecular weight is 503 g/mol. The van der Waals surface area contributed by atoms with Crippen molar-refractivity contribution in [3.05, 3.63) is 63.1 Å². The van der Waals surface area contributed by atoms with Crippen molar-refractivity contribution in [2.75, 3.05) is 6.54 Å². The van der Waals surface area contributed by atoms with Gasteiger partial charge >= 0.3 is 0 Å². The monoisotopic (exact) mass is 502 g/mol. The number of rotatable bonds is 3. The third-order valence-electron chi connectivity index (χ3n) is 8.27. The van der Waals surface area contributed by atoms with Crippen LogP contribution in [0.4, 0.5) is 8.78 Å². The molecular formula is C25H28F2N4O5. The van der Waals surface area contributed by atoms with E-state index < -0.39 is 51.8 Å². The van der Waals surface area contributed by atoms with Crippen LogP contribution in [0.1, 0.15) is 66.1 Å². The lowest BCUT2D eigenvalue weighted by atomic mass is 9.76. The fraction of sp³-hybridized carbons (Fsp3) is 0.480. The lowest BCUT2D eigenvalue weighted by molar-refractivity contribution is -0.229. The number of halogens is 2. The van der Waals surface area contributed by atoms with Crippen molar-refractivity contribution in [3.8, 4) is 5.75 Å². The molecule has 1 aromatic carbocycles. The predicted molar refractivity (Wildman–Crippen MR) is 124 cm³/mol. The summed E-state index contributed by atoms with van der Waals surface area (Å²) >= 11 is 0. The summed E-state index contributed by atoms with van der Waals surface area (Å²) in [5, 5.41) is 12.4. The summed E-state index contributed by atoms with van der Waals surface area (Å²) in [7, 11) is 0. The number of carbonyl (C=O) groups excluding carboxylic acids is 2. The van der Waals surface area contributed by atoms with Gasteiger partial charge in [0.05, 0.1) is 12.6 Å². The van der Waals surface area contributed by atoms with Gasteiger partial charge in [-0.15, -0.1) is 0 Å². The van der Waals surface area contributed by atoms with Crippen LogP contribution >= 0.6 is 0 Å². The number of carbonyl (C=O) groups is 2. The van der Waals surface area contributed by atoms with Gasteiger partial charge in [-0.25, -0.2) is 8.78 Å². The zero-order valence-corrected chi connectivity index (χ0v) is 20.2. The molecule has 3 N–H and O–H groups in total. The lowest BCUT2D eigenvalue weighted by Gasteiger charge is -2.44. The number of amides is 2. The Morgan fingerprint density at radius 2 is 1.97 bits per heavy atom. The van der Waals surface area contributed by atoms with Gasteiger partial charge in [-0.1, -0.05) is 13.0 Å². The van der Waals surface area contributed by atoms with Gasteiger partial charge in [0.1, 0.15) is 22.8 Å². The van der Waals surface area contributed by atoms with Crippen molar-refractivity contribution in [2.45, 2.75) is 63.9 Å². The van der Waals surface area contributed by atoms with Gasteiger partial charge in [-0.2, -0.15) is 5.06 Å². The highest BCUT2D eigenvalue weighted by atomic mass is 19.1. The number of hydroxylamine groups is 2. The van der Waals surface area contributed by atoms with Crippen LogP contribution in [0.5, 0.6) is 5.75 Å². The molecule has 1 aromatic heterocycles. The van der Waals surface area contributed by atoms with E-state index in [1.807, 2.05) is 20.8 Å². The Labute approximate surface area is 206 Å². The number of hydrogen-bond acceptors (Lipinski definition) is 6. The maximum atomic E-state index is 14.5. The molecule has 36 heavy (non-hydrogen) atoms. The number of hydrogen-bond donors (Lipinski definition) is 2. The molecule has 11 heteroatoms. The standard InChI is InChI=1S/C25H28F2N4O5/c1-12-6-7-25(13(2)14(3)31(36-25)9-15-4-5-16(26)8-18(15)27)19-11-29(12)24(35)20-22(33)21(32)17(23(28)34)10-30(19)20/h4-5,8,10,12-14,19,33H,6-7,9,11H2,1-3H3,(H2,28,34)/t12-,13-,14?,19+,25-/m0/s1. The molecule has 9 nitrogen and oxygen atoms in total. The number of nitrogens with zero attached hydrogens (tertiary/aromatic N) is 3. The Bertz CT molecular complexity index is 1330. The first-order valence-corrected chi connectivity index (χ1v) is 11.9. The number of aromatic nitrogens is 1. The molecule has 3 aliphatic heterocycles. The third-order valence-corrected chi connectivity index (χ3v) is 8.27. The minimum absolute atomic E-state index is 0.0685. The van der Waals surface area contributed by atoms with Crippen LogP contribution in [0.15, 0.2) is 29.2 Å². The van der Waals surface area contributed by atoms with Crippen molar-refractivity contribution in [1.29, 1.82) is 0 Å². The van der Waals surface area contributed by atoms with Crippen LogP contribution in [0.25, 0.3) is 0 Å². The van der Waals surface area contributed by atoms with Gasteiger partial charge < -0.3 is 20.3 Å². The first kappa shape index (κ1) is 24.4. The molecule has 192 valence electrons. The molecule has 5 atom stereocenters. The van der Waals surface area contributed by atoms with Gasteiger partial charge in [-0.05, 0) is 32.8 Å². The quantitative estimate of drug-likeness (QED) is 0.665. The summed E-state index contributed by atoms with van der Waals surface area (Å²) in [5.74, 6) is -3.83.